The van der Waals surface area contributed by atoms with Gasteiger partial charge in [0, 0.05) is 0 Å². The first kappa shape index (κ1) is 43.0. The van der Waals surface area contributed by atoms with Gasteiger partial charge in [0.15, 0.2) is 12.7 Å². The van der Waals surface area contributed by atoms with Crippen molar-refractivity contribution in [2.45, 2.75) is 55.2 Å². The van der Waals surface area contributed by atoms with Crippen LogP contribution in [-0.4, -0.2) is 134 Å². The number of nitrogens with one attached hydrogen (secondary N) is 3. The van der Waals surface area contributed by atoms with Gasteiger partial charge in [0.1, 0.15) is 42.7 Å². The number of hydrogen-bond donors (Lipinski definition) is 12. The zero-order valence-electron chi connectivity index (χ0n) is 28.8. The fraction of sp³-hybridized carbons (Fsp3) is 0.583. The second-order valence-electron chi connectivity index (χ2n) is 12.5. The van der Waals surface area contributed by atoms with Crippen LogP contribution in [0.1, 0.15) is 12.5 Å². The highest BCUT2D eigenvalue weighted by Crippen LogP contribution is 2.49. The highest BCUT2D eigenvalue weighted by atomic mass is 31.2. The molecule has 33 heteroatoms. The Labute approximate surface area is 315 Å². The molecule has 57 heavy (non-hydrogen) atoms. The second kappa shape index (κ2) is 16.2. The number of halogens is 1. The van der Waals surface area contributed by atoms with Crippen LogP contribution < -0.4 is 31.7 Å². The van der Waals surface area contributed by atoms with Gasteiger partial charge < -0.3 is 51.2 Å². The third-order valence-corrected chi connectivity index (χ3v) is 10.9. The maximum Gasteiger partial charge on any atom is 0.510 e. The lowest BCUT2D eigenvalue weighted by Crippen LogP contribution is -2.46. The minimum atomic E-state index is -5.92. The summed E-state index contributed by atoms with van der Waals surface area (Å²) in [6, 6.07) is 0. The average molecular weight is 881 g/mol. The summed E-state index contributed by atoms with van der Waals surface area (Å²) >= 11 is 0. The van der Waals surface area contributed by atoms with E-state index in [1.165, 1.54) is 28.8 Å². The number of H-pyrrole nitrogens is 3. The van der Waals surface area contributed by atoms with Crippen molar-refractivity contribution < 1.29 is 94.2 Å². The monoisotopic (exact) mass is 880 g/mol. The molecule has 0 spiro atoms. The predicted molar refractivity (Wildman–Crippen MR) is 178 cm³/mol. The van der Waals surface area contributed by atoms with Crippen molar-refractivity contribution in [3.63, 3.8) is 0 Å². The first-order valence-corrected chi connectivity index (χ1v) is 20.5. The van der Waals surface area contributed by atoms with Crippen LogP contribution in [0.5, 0.6) is 0 Å². The van der Waals surface area contributed by atoms with Gasteiger partial charge in [-0.2, -0.15) is 0 Å². The van der Waals surface area contributed by atoms with E-state index >= 15 is 0 Å². The highest BCUT2D eigenvalue weighted by molar-refractivity contribution is 7.48. The number of aromatic amines is 3. The Morgan fingerprint density at radius 2 is 1.32 bits per heavy atom. The number of rotatable bonds is 16. The number of nitrogen functional groups attached to an aromatic ring is 2. The van der Waals surface area contributed by atoms with Crippen LogP contribution in [-0.2, 0) is 52.8 Å². The van der Waals surface area contributed by atoms with E-state index in [0.29, 0.717) is 0 Å². The quantitative estimate of drug-likeness (QED) is 0.0371. The van der Waals surface area contributed by atoms with Crippen LogP contribution in [0.4, 0.5) is 16.1 Å². The summed E-state index contributed by atoms with van der Waals surface area (Å²) in [6.45, 7) is -4.51. The lowest BCUT2D eigenvalue weighted by Gasteiger charge is -2.22. The molecule has 4 aromatic heterocycles. The number of fused-ring (bicyclic) bond motifs is 2. The summed E-state index contributed by atoms with van der Waals surface area (Å²) in [5.74, 6) is -0.554. The molecule has 2 aliphatic rings. The summed E-state index contributed by atoms with van der Waals surface area (Å²) in [5.41, 5.74) is 9.74. The molecule has 2 saturated heterocycles. The van der Waals surface area contributed by atoms with Crippen LogP contribution in [0.25, 0.3) is 22.3 Å². The molecule has 0 aromatic carbocycles. The number of aromatic nitrogens is 8. The summed E-state index contributed by atoms with van der Waals surface area (Å²) in [6.07, 6.45) is -12.5. The topological polar surface area (TPSA) is 429 Å². The standard InChI is InChI=1S/C24H34FN10O19P3/c1-33-7-35(18-12(33)20(41)32-24(27)30-18)22-16(39)14(37)10(53-22)5-51-57(46,47)49-3-8(54-55(25,42)43)2-48-56(44,45)50-4-9-13(36)15(38)21(52-9)34-6-28-11-17(34)29-23(26)31-19(11)40/h6-10,13-16,21-22,36-39H,2-5H2,1H3,(H8-,26,27,29,30,31,32,40,41,42,43,44,45,46,47)/p+2/t8?,9-,10-,13-,14-,15-,16-,21-,22-/m1/s1. The number of phosphoric acid groups is 2. The third-order valence-electron chi connectivity index (χ3n) is 8.45. The number of imidazole rings is 2. The molecule has 4 aromatic rings. The maximum absolute atomic E-state index is 13.6. The normalized spacial score (nSPS) is 29.1. The van der Waals surface area contributed by atoms with Crippen LogP contribution >= 0.6 is 23.6 Å². The lowest BCUT2D eigenvalue weighted by atomic mass is 10.1. The predicted octanol–water partition coefficient (Wildman–Crippen LogP) is -4.77. The number of ether oxygens (including phenoxy) is 2. The minimum Gasteiger partial charge on any atom is -0.387 e. The van der Waals surface area contributed by atoms with E-state index in [4.69, 9.17) is 34.9 Å². The Kier molecular flexibility index (Phi) is 12.2. The number of aliphatic hydroxyl groups excluding tert-OH is 4. The van der Waals surface area contributed by atoms with E-state index in [1.807, 2.05) is 0 Å². The molecule has 0 saturated carbocycles. The van der Waals surface area contributed by atoms with E-state index in [2.05, 4.69) is 38.5 Å². The Bertz CT molecular complexity index is 2390. The van der Waals surface area contributed by atoms with Crippen molar-refractivity contribution in [1.82, 2.24) is 29.5 Å². The first-order chi connectivity index (χ1) is 26.5. The van der Waals surface area contributed by atoms with Gasteiger partial charge in [0.05, 0.1) is 33.5 Å². The van der Waals surface area contributed by atoms with E-state index in [0.717, 1.165) is 4.57 Å². The highest BCUT2D eigenvalue weighted by Gasteiger charge is 2.49. The molecule has 2 fully saturated rings. The summed E-state index contributed by atoms with van der Waals surface area (Å²) in [7, 11) is -15.0. The maximum atomic E-state index is 13.6. The number of aliphatic hydroxyl groups is 4. The summed E-state index contributed by atoms with van der Waals surface area (Å²) < 4.78 is 88.1. The number of nitrogens with two attached hydrogens (primary N) is 2. The van der Waals surface area contributed by atoms with E-state index in [1.54, 1.807) is 0 Å². The van der Waals surface area contributed by atoms with Gasteiger partial charge >= 0.3 is 34.8 Å². The van der Waals surface area contributed by atoms with Crippen molar-refractivity contribution >= 4 is 57.8 Å². The summed E-state index contributed by atoms with van der Waals surface area (Å²) in [4.78, 5) is 69.1. The molecular weight excluding hydrogens is 844 g/mol. The first-order valence-electron chi connectivity index (χ1n) is 16.1. The Balaban J connectivity index is 1.02. The number of nitrogens with zero attached hydrogens (tertiary/aromatic N) is 5. The van der Waals surface area contributed by atoms with E-state index in [9.17, 15) is 57.7 Å². The van der Waals surface area contributed by atoms with E-state index in [-0.39, 0.29) is 34.2 Å². The lowest BCUT2D eigenvalue weighted by molar-refractivity contribution is -0.746. The molecular formula is C24H36FN10O19P3+2. The Morgan fingerprint density at radius 3 is 1.84 bits per heavy atom. The number of aryl methyl sites for hydroxylation is 1. The Hall–Kier alpha value is -3.64. The van der Waals surface area contributed by atoms with Crippen molar-refractivity contribution in [3.8, 4) is 0 Å². The Morgan fingerprint density at radius 1 is 0.825 bits per heavy atom. The van der Waals surface area contributed by atoms with Gasteiger partial charge in [-0.05, 0) is 0 Å². The van der Waals surface area contributed by atoms with Gasteiger partial charge in [0.2, 0.25) is 23.5 Å². The fourth-order valence-electron chi connectivity index (χ4n) is 5.89. The van der Waals surface area contributed by atoms with Gasteiger partial charge in [-0.25, -0.2) is 22.8 Å². The van der Waals surface area contributed by atoms with Crippen molar-refractivity contribution in [3.05, 3.63) is 33.4 Å². The molecule has 12 atom stereocenters. The number of hydrogen-bond acceptors (Lipinski definition) is 20. The molecule has 0 aliphatic carbocycles. The molecule has 29 nitrogen and oxygen atoms in total. The van der Waals surface area contributed by atoms with Crippen LogP contribution in [0, 0.1) is 0 Å². The van der Waals surface area contributed by atoms with Crippen molar-refractivity contribution in [2.24, 2.45) is 7.05 Å². The third kappa shape index (κ3) is 9.48. The van der Waals surface area contributed by atoms with Gasteiger partial charge in [-0.1, -0.05) is 9.97 Å². The van der Waals surface area contributed by atoms with Crippen molar-refractivity contribution in [1.29, 1.82) is 0 Å². The molecule has 0 radical (unpaired) electrons. The molecule has 14 N–H and O–H groups in total. The van der Waals surface area contributed by atoms with Gasteiger partial charge in [-0.3, -0.25) is 56.6 Å². The number of phosphoric ester groups is 2. The van der Waals surface area contributed by atoms with Gasteiger partial charge in [-0.15, -0.1) is 4.20 Å². The zero-order valence-corrected chi connectivity index (χ0v) is 31.5. The van der Waals surface area contributed by atoms with Crippen LogP contribution in [0.15, 0.2) is 22.2 Å². The second-order valence-corrected chi connectivity index (χ2v) is 16.5. The zero-order chi connectivity index (χ0) is 41.8. The largest absolute Gasteiger partial charge is 0.510 e. The number of anilines is 2. The average Bonchev–Trinajstić information content (AvgIpc) is 3.83. The molecule has 6 rings (SSSR count). The molecule has 4 unspecified atom stereocenters. The molecule has 316 valence electrons. The molecule has 2 aliphatic heterocycles. The minimum absolute atomic E-state index is 0.0225. The molecule has 0 bridgehead atoms. The van der Waals surface area contributed by atoms with Crippen LogP contribution in [0.2, 0.25) is 0 Å². The molecule has 6 heterocycles. The van der Waals surface area contributed by atoms with E-state index < -0.39 is 116 Å². The smallest absolute Gasteiger partial charge is 0.387 e. The SMILES string of the molecule is Cn1c[n+]([C@@H]2O[C@H](COP(=O)(O)OCC(COP(=O)(O)OC[C@H]3O[C@@H]([n+]4c[nH]c5c(=O)[nH]c(N)nc54)[C@H](O)[C@@H]3O)OP(=O)(O)F)[C@@H](O)[C@H]2O)c2nc(N)[nH]c(=O)c21. The molecule has 0 amide bonds. The summed E-state index contributed by atoms with van der Waals surface area (Å²) in [5, 5.41) is 42.3. The van der Waals surface area contributed by atoms with Crippen molar-refractivity contribution in [2.75, 3.05) is 37.9 Å². The van der Waals surface area contributed by atoms with Gasteiger partial charge in [0.25, 0.3) is 23.0 Å². The van der Waals surface area contributed by atoms with Crippen LogP contribution in [0.3, 0.4) is 0 Å². The fourth-order valence-corrected chi connectivity index (χ4v) is 7.91.